The number of Topliss-reactive ketones (excluding diaryl/α,β-unsaturated/α-hetero) is 1. The van der Waals surface area contributed by atoms with Crippen LogP contribution in [0.5, 0.6) is 0 Å². The fourth-order valence-electron chi connectivity index (χ4n) is 2.62. The summed E-state index contributed by atoms with van der Waals surface area (Å²) in [5.74, 6) is -1.02. The molecule has 0 heterocycles. The highest BCUT2D eigenvalue weighted by molar-refractivity contribution is 14.1. The molecular formula is C14H15IO3. The lowest BCUT2D eigenvalue weighted by atomic mass is 9.89. The first-order valence-electron chi connectivity index (χ1n) is 6.09. The normalized spacial score (nSPS) is 22.9. The Labute approximate surface area is 120 Å². The molecule has 0 aliphatic heterocycles. The third-order valence-corrected chi connectivity index (χ3v) is 4.24. The number of ketones is 1. The van der Waals surface area contributed by atoms with Crippen molar-refractivity contribution in [2.75, 3.05) is 0 Å². The summed E-state index contributed by atoms with van der Waals surface area (Å²) >= 11 is 2.17. The minimum Gasteiger partial charge on any atom is -0.481 e. The topological polar surface area (TPSA) is 54.4 Å². The summed E-state index contributed by atoms with van der Waals surface area (Å²) in [6.07, 6.45) is 2.84. The van der Waals surface area contributed by atoms with E-state index in [-0.39, 0.29) is 17.6 Å². The quantitative estimate of drug-likeness (QED) is 0.663. The van der Waals surface area contributed by atoms with Gasteiger partial charge in [-0.25, -0.2) is 0 Å². The second-order valence-electron chi connectivity index (χ2n) is 4.77. The minimum absolute atomic E-state index is 0.00728. The molecule has 0 aromatic heterocycles. The van der Waals surface area contributed by atoms with Crippen molar-refractivity contribution in [1.82, 2.24) is 0 Å². The monoisotopic (exact) mass is 358 g/mol. The summed E-state index contributed by atoms with van der Waals surface area (Å²) in [5.41, 5.74) is 0.693. The van der Waals surface area contributed by atoms with Crippen LogP contribution in [0.25, 0.3) is 0 Å². The largest absolute Gasteiger partial charge is 0.481 e. The Morgan fingerprint density at radius 2 is 2.11 bits per heavy atom. The number of carbonyl (C=O) groups excluding carboxylic acids is 1. The van der Waals surface area contributed by atoms with Gasteiger partial charge in [0.25, 0.3) is 0 Å². The van der Waals surface area contributed by atoms with Crippen molar-refractivity contribution >= 4 is 34.3 Å². The zero-order chi connectivity index (χ0) is 13.1. The molecule has 4 heteroatoms. The average Bonchev–Trinajstić information content (AvgIpc) is 2.77. The first-order chi connectivity index (χ1) is 8.58. The molecule has 1 aliphatic rings. The zero-order valence-corrected chi connectivity index (χ0v) is 12.1. The minimum atomic E-state index is -0.757. The lowest BCUT2D eigenvalue weighted by Crippen LogP contribution is -2.20. The number of halogens is 1. The van der Waals surface area contributed by atoms with E-state index in [0.29, 0.717) is 18.4 Å². The molecule has 1 aromatic rings. The van der Waals surface area contributed by atoms with Crippen molar-refractivity contribution in [1.29, 1.82) is 0 Å². The van der Waals surface area contributed by atoms with Crippen LogP contribution in [-0.4, -0.2) is 16.9 Å². The molecular weight excluding hydrogens is 343 g/mol. The molecule has 3 nitrogen and oxygen atoms in total. The van der Waals surface area contributed by atoms with Crippen LogP contribution in [0, 0.1) is 15.4 Å². The van der Waals surface area contributed by atoms with Crippen molar-refractivity contribution in [2.24, 2.45) is 11.8 Å². The van der Waals surface area contributed by atoms with Crippen molar-refractivity contribution in [2.45, 2.75) is 25.7 Å². The van der Waals surface area contributed by atoms with Crippen LogP contribution in [0.15, 0.2) is 24.3 Å². The maximum absolute atomic E-state index is 12.1. The van der Waals surface area contributed by atoms with Gasteiger partial charge in [-0.2, -0.15) is 0 Å². The second-order valence-corrected chi connectivity index (χ2v) is 6.02. The molecule has 18 heavy (non-hydrogen) atoms. The number of carboxylic acids is 1. The molecule has 1 saturated carbocycles. The van der Waals surface area contributed by atoms with Crippen LogP contribution in [0.2, 0.25) is 0 Å². The number of hydrogen-bond donors (Lipinski definition) is 1. The van der Waals surface area contributed by atoms with Gasteiger partial charge in [0.2, 0.25) is 0 Å². The SMILES string of the molecule is O=C(C[C@@H]1CCC[C@H]1C(=O)O)c1cccc(I)c1. The van der Waals surface area contributed by atoms with Gasteiger partial charge in [0, 0.05) is 15.6 Å². The Morgan fingerprint density at radius 1 is 1.33 bits per heavy atom. The number of carboxylic acid groups (broad SMARTS) is 1. The highest BCUT2D eigenvalue weighted by Crippen LogP contribution is 2.35. The zero-order valence-electron chi connectivity index (χ0n) is 9.93. The summed E-state index contributed by atoms with van der Waals surface area (Å²) in [6, 6.07) is 7.45. The van der Waals surface area contributed by atoms with Gasteiger partial charge in [0.1, 0.15) is 0 Å². The van der Waals surface area contributed by atoms with Crippen molar-refractivity contribution < 1.29 is 14.7 Å². The Bertz CT molecular complexity index is 470. The van der Waals surface area contributed by atoms with E-state index in [4.69, 9.17) is 5.11 Å². The van der Waals surface area contributed by atoms with Crippen LogP contribution >= 0.6 is 22.6 Å². The lowest BCUT2D eigenvalue weighted by Gasteiger charge is -2.14. The Balaban J connectivity index is 2.05. The molecule has 0 amide bonds. The van der Waals surface area contributed by atoms with Crippen LogP contribution < -0.4 is 0 Å². The molecule has 1 fully saturated rings. The van der Waals surface area contributed by atoms with E-state index in [1.54, 1.807) is 6.07 Å². The molecule has 96 valence electrons. The summed E-state index contributed by atoms with van der Waals surface area (Å²) in [6.45, 7) is 0. The third kappa shape index (κ3) is 3.10. The van der Waals surface area contributed by atoms with Crippen LogP contribution in [0.3, 0.4) is 0 Å². The fraction of sp³-hybridized carbons (Fsp3) is 0.429. The first-order valence-corrected chi connectivity index (χ1v) is 7.17. The second kappa shape index (κ2) is 5.82. The summed E-state index contributed by atoms with van der Waals surface area (Å²) in [7, 11) is 0. The van der Waals surface area contributed by atoms with Gasteiger partial charge in [0.15, 0.2) is 5.78 Å². The van der Waals surface area contributed by atoms with Gasteiger partial charge in [-0.15, -0.1) is 0 Å². The molecule has 2 atom stereocenters. The Kier molecular flexibility index (Phi) is 4.37. The van der Waals surface area contributed by atoms with Gasteiger partial charge < -0.3 is 5.11 Å². The summed E-state index contributed by atoms with van der Waals surface area (Å²) in [4.78, 5) is 23.2. The molecule has 1 aromatic carbocycles. The molecule has 0 bridgehead atoms. The van der Waals surface area contributed by atoms with Crippen molar-refractivity contribution in [3.8, 4) is 0 Å². The molecule has 0 radical (unpaired) electrons. The Morgan fingerprint density at radius 3 is 2.78 bits per heavy atom. The highest BCUT2D eigenvalue weighted by Gasteiger charge is 2.34. The predicted octanol–water partition coefficient (Wildman–Crippen LogP) is 3.36. The van der Waals surface area contributed by atoms with Crippen LogP contribution in [-0.2, 0) is 4.79 Å². The van der Waals surface area contributed by atoms with Gasteiger partial charge in [-0.05, 0) is 53.5 Å². The Hall–Kier alpha value is -0.910. The maximum atomic E-state index is 12.1. The van der Waals surface area contributed by atoms with Gasteiger partial charge >= 0.3 is 5.97 Å². The van der Waals surface area contributed by atoms with Crippen LogP contribution in [0.4, 0.5) is 0 Å². The molecule has 1 aliphatic carbocycles. The number of carbonyl (C=O) groups is 2. The molecule has 0 unspecified atom stereocenters. The molecule has 0 saturated heterocycles. The predicted molar refractivity (Wildman–Crippen MR) is 76.6 cm³/mol. The van der Waals surface area contributed by atoms with Crippen molar-refractivity contribution in [3.63, 3.8) is 0 Å². The lowest BCUT2D eigenvalue weighted by molar-refractivity contribution is -0.142. The van der Waals surface area contributed by atoms with Crippen LogP contribution in [0.1, 0.15) is 36.0 Å². The fourth-order valence-corrected chi connectivity index (χ4v) is 3.17. The highest BCUT2D eigenvalue weighted by atomic mass is 127. The maximum Gasteiger partial charge on any atom is 0.306 e. The first kappa shape index (κ1) is 13.5. The van der Waals surface area contributed by atoms with E-state index in [9.17, 15) is 9.59 Å². The van der Waals surface area contributed by atoms with Gasteiger partial charge in [-0.3, -0.25) is 9.59 Å². The van der Waals surface area contributed by atoms with Gasteiger partial charge in [-0.1, -0.05) is 18.6 Å². The number of benzene rings is 1. The van der Waals surface area contributed by atoms with E-state index >= 15 is 0 Å². The van der Waals surface area contributed by atoms with E-state index in [1.807, 2.05) is 18.2 Å². The van der Waals surface area contributed by atoms with E-state index < -0.39 is 5.97 Å². The van der Waals surface area contributed by atoms with E-state index in [0.717, 1.165) is 16.4 Å². The van der Waals surface area contributed by atoms with E-state index in [1.165, 1.54) is 0 Å². The number of hydrogen-bond acceptors (Lipinski definition) is 2. The third-order valence-electron chi connectivity index (χ3n) is 3.57. The standard InChI is InChI=1S/C14H15IO3/c15-11-5-1-4-10(7-11)13(16)8-9-3-2-6-12(9)14(17)18/h1,4-5,7,9,12H,2-3,6,8H2,(H,17,18)/t9-,12+/m0/s1. The molecule has 0 spiro atoms. The van der Waals surface area contributed by atoms with Crippen molar-refractivity contribution in [3.05, 3.63) is 33.4 Å². The molecule has 2 rings (SSSR count). The number of aliphatic carboxylic acids is 1. The average molecular weight is 358 g/mol. The molecule has 1 N–H and O–H groups in total. The summed E-state index contributed by atoms with van der Waals surface area (Å²) in [5, 5.41) is 9.10. The summed E-state index contributed by atoms with van der Waals surface area (Å²) < 4.78 is 1.03. The van der Waals surface area contributed by atoms with E-state index in [2.05, 4.69) is 22.6 Å². The number of rotatable bonds is 4. The van der Waals surface area contributed by atoms with Gasteiger partial charge in [0.05, 0.1) is 5.92 Å². The smallest absolute Gasteiger partial charge is 0.306 e.